The van der Waals surface area contributed by atoms with Crippen LogP contribution >= 0.6 is 0 Å². The summed E-state index contributed by atoms with van der Waals surface area (Å²) in [6.45, 7) is 1.49. The number of carbonyl (C=O) groups is 3. The molecular formula is C25H23N5O4. The number of nitrogens with zero attached hydrogens (tertiary/aromatic N) is 2. The topological polar surface area (TPSA) is 124 Å². The molecule has 1 aliphatic heterocycles. The van der Waals surface area contributed by atoms with E-state index in [9.17, 15) is 19.2 Å². The third-order valence-corrected chi connectivity index (χ3v) is 5.90. The van der Waals surface area contributed by atoms with Gasteiger partial charge in [0.15, 0.2) is 0 Å². The van der Waals surface area contributed by atoms with Crippen LogP contribution in [0.4, 0.5) is 5.69 Å². The molecule has 1 aliphatic carbocycles. The van der Waals surface area contributed by atoms with Gasteiger partial charge in [-0.1, -0.05) is 30.3 Å². The Morgan fingerprint density at radius 3 is 2.65 bits per heavy atom. The summed E-state index contributed by atoms with van der Waals surface area (Å²) >= 11 is 0. The van der Waals surface area contributed by atoms with Crippen molar-refractivity contribution in [3.05, 3.63) is 81.8 Å². The minimum atomic E-state index is -0.725. The van der Waals surface area contributed by atoms with Crippen LogP contribution < -0.4 is 16.2 Å². The Kier molecular flexibility index (Phi) is 5.45. The standard InChI is InChI=1S/C25H23N5O4/c1-14-11-20(31)29-23(27-14)15-5-4-6-16(12-15)28-21(32)13-26-24(33)22-18-7-2-3-8-19(18)25(34)30(22)17-9-10-17/h2-8,11-12,17,22H,9-10,13H2,1H3,(H,26,33)(H,28,32)(H,27,29,31). The molecule has 9 heteroatoms. The highest BCUT2D eigenvalue weighted by Crippen LogP contribution is 2.41. The summed E-state index contributed by atoms with van der Waals surface area (Å²) < 4.78 is 0. The lowest BCUT2D eigenvalue weighted by molar-refractivity contribution is -0.127. The molecule has 5 rings (SSSR count). The molecule has 0 radical (unpaired) electrons. The number of benzene rings is 2. The number of aryl methyl sites for hydroxylation is 1. The van der Waals surface area contributed by atoms with Crippen LogP contribution in [-0.4, -0.2) is 45.2 Å². The molecule has 0 saturated heterocycles. The Balaban J connectivity index is 1.26. The Labute approximate surface area is 195 Å². The van der Waals surface area contributed by atoms with Gasteiger partial charge in [-0.25, -0.2) is 4.98 Å². The lowest BCUT2D eigenvalue weighted by Gasteiger charge is -2.24. The second-order valence-corrected chi connectivity index (χ2v) is 8.52. The molecule has 9 nitrogen and oxygen atoms in total. The van der Waals surface area contributed by atoms with E-state index in [0.717, 1.165) is 12.8 Å². The molecule has 1 unspecified atom stereocenters. The van der Waals surface area contributed by atoms with E-state index in [1.165, 1.54) is 6.07 Å². The number of fused-ring (bicyclic) bond motifs is 1. The second-order valence-electron chi connectivity index (χ2n) is 8.52. The number of amides is 3. The van der Waals surface area contributed by atoms with E-state index in [-0.39, 0.29) is 30.0 Å². The zero-order chi connectivity index (χ0) is 23.8. The third-order valence-electron chi connectivity index (χ3n) is 5.90. The van der Waals surface area contributed by atoms with Gasteiger partial charge in [0.25, 0.3) is 11.5 Å². The van der Waals surface area contributed by atoms with Crippen LogP contribution in [0.2, 0.25) is 0 Å². The molecule has 0 bridgehead atoms. The summed E-state index contributed by atoms with van der Waals surface area (Å²) in [7, 11) is 0. The quantitative estimate of drug-likeness (QED) is 0.523. The number of nitrogens with one attached hydrogen (secondary N) is 3. The second kappa shape index (κ2) is 8.58. The minimum Gasteiger partial charge on any atom is -0.345 e. The number of hydrogen-bond acceptors (Lipinski definition) is 5. The van der Waals surface area contributed by atoms with Gasteiger partial charge in [0.2, 0.25) is 11.8 Å². The predicted molar refractivity (Wildman–Crippen MR) is 125 cm³/mol. The summed E-state index contributed by atoms with van der Waals surface area (Å²) in [6.07, 6.45) is 1.75. The van der Waals surface area contributed by atoms with Crippen LogP contribution in [0.15, 0.2) is 59.4 Å². The number of anilines is 1. The monoisotopic (exact) mass is 457 g/mol. The van der Waals surface area contributed by atoms with Crippen LogP contribution in [0, 0.1) is 6.92 Å². The van der Waals surface area contributed by atoms with E-state index in [1.807, 2.05) is 0 Å². The molecule has 1 atom stereocenters. The zero-order valence-electron chi connectivity index (χ0n) is 18.5. The van der Waals surface area contributed by atoms with Crippen LogP contribution in [-0.2, 0) is 9.59 Å². The molecule has 2 aliphatic rings. The first-order valence-electron chi connectivity index (χ1n) is 11.1. The van der Waals surface area contributed by atoms with E-state index in [1.54, 1.807) is 60.4 Å². The van der Waals surface area contributed by atoms with Gasteiger partial charge >= 0.3 is 0 Å². The molecule has 172 valence electrons. The van der Waals surface area contributed by atoms with Crippen molar-refractivity contribution in [2.75, 3.05) is 11.9 Å². The van der Waals surface area contributed by atoms with Gasteiger partial charge < -0.3 is 20.5 Å². The summed E-state index contributed by atoms with van der Waals surface area (Å²) in [5.74, 6) is -0.524. The van der Waals surface area contributed by atoms with E-state index < -0.39 is 11.9 Å². The van der Waals surface area contributed by atoms with E-state index in [2.05, 4.69) is 20.6 Å². The van der Waals surface area contributed by atoms with E-state index in [0.29, 0.717) is 33.9 Å². The first-order chi connectivity index (χ1) is 16.4. The highest BCUT2D eigenvalue weighted by atomic mass is 16.2. The van der Waals surface area contributed by atoms with Crippen LogP contribution in [0.25, 0.3) is 11.4 Å². The Morgan fingerprint density at radius 2 is 1.88 bits per heavy atom. The van der Waals surface area contributed by atoms with Crippen molar-refractivity contribution >= 4 is 23.4 Å². The van der Waals surface area contributed by atoms with Crippen molar-refractivity contribution < 1.29 is 14.4 Å². The normalized spacial score (nSPS) is 16.8. The van der Waals surface area contributed by atoms with Crippen LogP contribution in [0.5, 0.6) is 0 Å². The van der Waals surface area contributed by atoms with Crippen LogP contribution in [0.1, 0.15) is 40.5 Å². The summed E-state index contributed by atoms with van der Waals surface area (Å²) in [5.41, 5.74) is 2.68. The average molecular weight is 457 g/mol. The van der Waals surface area contributed by atoms with Crippen molar-refractivity contribution in [1.82, 2.24) is 20.2 Å². The molecule has 2 heterocycles. The van der Waals surface area contributed by atoms with Crippen molar-refractivity contribution in [2.24, 2.45) is 0 Å². The van der Waals surface area contributed by atoms with Gasteiger partial charge in [-0.15, -0.1) is 0 Å². The van der Waals surface area contributed by atoms with E-state index >= 15 is 0 Å². The Hall–Kier alpha value is -4.27. The number of hydrogen-bond donors (Lipinski definition) is 3. The maximum absolute atomic E-state index is 13.0. The molecule has 3 N–H and O–H groups in total. The highest BCUT2D eigenvalue weighted by molar-refractivity contribution is 6.05. The summed E-state index contributed by atoms with van der Waals surface area (Å²) in [4.78, 5) is 58.8. The van der Waals surface area contributed by atoms with Crippen molar-refractivity contribution in [3.63, 3.8) is 0 Å². The SMILES string of the molecule is Cc1cc(=O)[nH]c(-c2cccc(NC(=O)CNC(=O)C3c4ccccc4C(=O)N3C3CC3)c2)n1. The largest absolute Gasteiger partial charge is 0.345 e. The number of rotatable bonds is 6. The summed E-state index contributed by atoms with van der Waals surface area (Å²) in [5, 5.41) is 5.42. The van der Waals surface area contributed by atoms with Crippen LogP contribution in [0.3, 0.4) is 0 Å². The number of aromatic amines is 1. The molecule has 0 spiro atoms. The molecule has 2 aromatic carbocycles. The van der Waals surface area contributed by atoms with Gasteiger partial charge in [0, 0.05) is 34.6 Å². The molecule has 1 aromatic heterocycles. The lowest BCUT2D eigenvalue weighted by Crippen LogP contribution is -2.42. The molecule has 34 heavy (non-hydrogen) atoms. The number of carbonyl (C=O) groups excluding carboxylic acids is 3. The summed E-state index contributed by atoms with van der Waals surface area (Å²) in [6, 6.07) is 14.8. The Morgan fingerprint density at radius 1 is 1.09 bits per heavy atom. The fraction of sp³-hybridized carbons (Fsp3) is 0.240. The molecule has 3 amide bonds. The highest BCUT2D eigenvalue weighted by Gasteiger charge is 2.47. The maximum atomic E-state index is 13.0. The van der Waals surface area contributed by atoms with E-state index in [4.69, 9.17) is 0 Å². The smallest absolute Gasteiger partial charge is 0.255 e. The zero-order valence-corrected chi connectivity index (χ0v) is 18.5. The van der Waals surface area contributed by atoms with Gasteiger partial charge in [-0.3, -0.25) is 19.2 Å². The van der Waals surface area contributed by atoms with Gasteiger partial charge in [-0.05, 0) is 43.5 Å². The fourth-order valence-corrected chi connectivity index (χ4v) is 4.26. The minimum absolute atomic E-state index is 0.0638. The van der Waals surface area contributed by atoms with Crippen molar-refractivity contribution in [3.8, 4) is 11.4 Å². The first kappa shape index (κ1) is 21.6. The lowest BCUT2D eigenvalue weighted by atomic mass is 10.0. The molecule has 1 saturated carbocycles. The average Bonchev–Trinajstić information content (AvgIpc) is 3.61. The molecule has 1 fully saturated rings. The van der Waals surface area contributed by atoms with Crippen molar-refractivity contribution in [2.45, 2.75) is 31.8 Å². The molecular weight excluding hydrogens is 434 g/mol. The number of H-pyrrole nitrogens is 1. The van der Waals surface area contributed by atoms with Gasteiger partial charge in [0.1, 0.15) is 11.9 Å². The first-order valence-corrected chi connectivity index (χ1v) is 11.1. The van der Waals surface area contributed by atoms with Gasteiger partial charge in [-0.2, -0.15) is 0 Å². The maximum Gasteiger partial charge on any atom is 0.255 e. The fourth-order valence-electron chi connectivity index (χ4n) is 4.26. The third kappa shape index (κ3) is 4.19. The predicted octanol–water partition coefficient (Wildman–Crippen LogP) is 2.16. The Bertz CT molecular complexity index is 1360. The van der Waals surface area contributed by atoms with Crippen molar-refractivity contribution in [1.29, 1.82) is 0 Å². The molecule has 3 aromatic rings. The number of aromatic nitrogens is 2. The van der Waals surface area contributed by atoms with Gasteiger partial charge in [0.05, 0.1) is 6.54 Å².